The third kappa shape index (κ3) is 4.95. The summed E-state index contributed by atoms with van der Waals surface area (Å²) in [6.07, 6.45) is 5.69. The van der Waals surface area contributed by atoms with E-state index in [0.717, 1.165) is 62.5 Å². The minimum atomic E-state index is 0.111. The van der Waals surface area contributed by atoms with E-state index in [1.165, 1.54) is 32.4 Å². The Balaban J connectivity index is 1.31. The first kappa shape index (κ1) is 21.1. The predicted octanol–water partition coefficient (Wildman–Crippen LogP) is 2.50. The van der Waals surface area contributed by atoms with Crippen LogP contribution in [0.3, 0.4) is 0 Å². The highest BCUT2D eigenvalue weighted by Crippen LogP contribution is 2.27. The van der Waals surface area contributed by atoms with Crippen LogP contribution in [0.15, 0.2) is 24.3 Å². The van der Waals surface area contributed by atoms with Gasteiger partial charge < -0.3 is 24.4 Å². The topological polar surface area (TPSA) is 62.6 Å². The number of nitrogens with one attached hydrogen (secondary N) is 1. The molecule has 0 bridgehead atoms. The van der Waals surface area contributed by atoms with E-state index in [1.54, 1.807) is 7.11 Å². The monoisotopic (exact) mass is 413 g/mol. The number of benzene rings is 1. The first-order valence-corrected chi connectivity index (χ1v) is 11.5. The van der Waals surface area contributed by atoms with E-state index in [-0.39, 0.29) is 11.8 Å². The molecule has 7 heteroatoms. The Morgan fingerprint density at radius 1 is 1.10 bits per heavy atom. The number of carbonyl (C=O) groups is 1. The molecular formula is C23H35N5O2. The standard InChI is InChI=1S/C23H35N5O2/c1-30-18-17-28-21-8-4-3-7-20(21)25-23(28)27-14-9-19(10-15-27)22(29)24-11-16-26-12-5-2-6-13-26/h3-4,7-8,19H,2,5-6,9-18H2,1H3,(H,24,29). The fourth-order valence-corrected chi connectivity index (χ4v) is 4.71. The van der Waals surface area contributed by atoms with Gasteiger partial charge in [0.25, 0.3) is 0 Å². The van der Waals surface area contributed by atoms with Gasteiger partial charge in [0.15, 0.2) is 0 Å². The van der Waals surface area contributed by atoms with Crippen LogP contribution in [-0.4, -0.2) is 73.3 Å². The van der Waals surface area contributed by atoms with Gasteiger partial charge in [-0.2, -0.15) is 0 Å². The smallest absolute Gasteiger partial charge is 0.223 e. The van der Waals surface area contributed by atoms with Crippen molar-refractivity contribution in [3.05, 3.63) is 24.3 Å². The first-order chi connectivity index (χ1) is 14.8. The molecule has 2 aliphatic rings. The van der Waals surface area contributed by atoms with Crippen molar-refractivity contribution < 1.29 is 9.53 Å². The van der Waals surface area contributed by atoms with Crippen molar-refractivity contribution in [2.24, 2.45) is 5.92 Å². The van der Waals surface area contributed by atoms with Crippen LogP contribution in [-0.2, 0) is 16.1 Å². The van der Waals surface area contributed by atoms with Gasteiger partial charge in [0.1, 0.15) is 0 Å². The number of aromatic nitrogens is 2. The Bertz CT molecular complexity index is 822. The van der Waals surface area contributed by atoms with Crippen LogP contribution in [0.25, 0.3) is 11.0 Å². The molecule has 164 valence electrons. The molecular weight excluding hydrogens is 378 g/mol. The van der Waals surface area contributed by atoms with Crippen molar-refractivity contribution in [2.45, 2.75) is 38.6 Å². The van der Waals surface area contributed by atoms with Gasteiger partial charge in [-0.05, 0) is 50.9 Å². The lowest BCUT2D eigenvalue weighted by atomic mass is 9.96. The maximum atomic E-state index is 12.6. The Hall–Kier alpha value is -2.12. The van der Waals surface area contributed by atoms with E-state index >= 15 is 0 Å². The summed E-state index contributed by atoms with van der Waals surface area (Å²) < 4.78 is 7.56. The molecule has 3 heterocycles. The molecule has 0 spiro atoms. The molecule has 2 aliphatic heterocycles. The number of piperidine rings is 2. The average molecular weight is 414 g/mol. The van der Waals surface area contributed by atoms with Gasteiger partial charge in [-0.3, -0.25) is 4.79 Å². The molecule has 0 saturated carbocycles. The van der Waals surface area contributed by atoms with Crippen molar-refractivity contribution in [1.82, 2.24) is 19.8 Å². The summed E-state index contributed by atoms with van der Waals surface area (Å²) >= 11 is 0. The second-order valence-electron chi connectivity index (χ2n) is 8.50. The number of amides is 1. The molecule has 7 nitrogen and oxygen atoms in total. The van der Waals surface area contributed by atoms with E-state index in [4.69, 9.17) is 9.72 Å². The minimum Gasteiger partial charge on any atom is -0.383 e. The van der Waals surface area contributed by atoms with Crippen LogP contribution in [0.5, 0.6) is 0 Å². The Morgan fingerprint density at radius 3 is 2.63 bits per heavy atom. The summed E-state index contributed by atoms with van der Waals surface area (Å²) in [7, 11) is 1.73. The second kappa shape index (κ2) is 10.3. The first-order valence-electron chi connectivity index (χ1n) is 11.5. The lowest BCUT2D eigenvalue weighted by Crippen LogP contribution is -2.43. The molecule has 2 fully saturated rings. The lowest BCUT2D eigenvalue weighted by molar-refractivity contribution is -0.125. The number of hydrogen-bond acceptors (Lipinski definition) is 5. The normalized spacial score (nSPS) is 18.8. The highest BCUT2D eigenvalue weighted by Gasteiger charge is 2.27. The molecule has 30 heavy (non-hydrogen) atoms. The predicted molar refractivity (Wildman–Crippen MR) is 120 cm³/mol. The largest absolute Gasteiger partial charge is 0.383 e. The summed E-state index contributed by atoms with van der Waals surface area (Å²) in [5.74, 6) is 1.33. The highest BCUT2D eigenvalue weighted by atomic mass is 16.5. The zero-order valence-corrected chi connectivity index (χ0v) is 18.2. The quantitative estimate of drug-likeness (QED) is 0.721. The molecule has 0 unspecified atom stereocenters. The minimum absolute atomic E-state index is 0.111. The summed E-state index contributed by atoms with van der Waals surface area (Å²) in [5.41, 5.74) is 2.16. The van der Waals surface area contributed by atoms with Crippen LogP contribution >= 0.6 is 0 Å². The molecule has 1 amide bonds. The van der Waals surface area contributed by atoms with Gasteiger partial charge in [-0.15, -0.1) is 0 Å². The van der Waals surface area contributed by atoms with E-state index < -0.39 is 0 Å². The number of methoxy groups -OCH3 is 1. The summed E-state index contributed by atoms with van der Waals surface area (Å²) in [6.45, 7) is 7.27. The van der Waals surface area contributed by atoms with E-state index in [9.17, 15) is 4.79 Å². The van der Waals surface area contributed by atoms with Gasteiger partial charge in [-0.1, -0.05) is 18.6 Å². The van der Waals surface area contributed by atoms with Gasteiger partial charge in [0, 0.05) is 45.8 Å². The number of rotatable bonds is 8. The Labute approximate surface area is 179 Å². The van der Waals surface area contributed by atoms with Crippen molar-refractivity contribution in [3.63, 3.8) is 0 Å². The number of para-hydroxylation sites is 2. The third-order valence-corrected chi connectivity index (χ3v) is 6.48. The van der Waals surface area contributed by atoms with E-state index in [2.05, 4.69) is 37.9 Å². The fourth-order valence-electron chi connectivity index (χ4n) is 4.71. The van der Waals surface area contributed by atoms with Crippen molar-refractivity contribution in [1.29, 1.82) is 0 Å². The van der Waals surface area contributed by atoms with Crippen molar-refractivity contribution in [3.8, 4) is 0 Å². The fraction of sp³-hybridized carbons (Fsp3) is 0.652. The molecule has 1 aromatic carbocycles. The average Bonchev–Trinajstić information content (AvgIpc) is 3.17. The summed E-state index contributed by atoms with van der Waals surface area (Å²) in [6, 6.07) is 8.26. The molecule has 1 aromatic heterocycles. The highest BCUT2D eigenvalue weighted by molar-refractivity contribution is 5.80. The van der Waals surface area contributed by atoms with E-state index in [1.807, 2.05) is 6.07 Å². The third-order valence-electron chi connectivity index (χ3n) is 6.48. The summed E-state index contributed by atoms with van der Waals surface area (Å²) in [5, 5.41) is 3.18. The van der Waals surface area contributed by atoms with Gasteiger partial charge in [0.05, 0.1) is 17.6 Å². The number of likely N-dealkylation sites (tertiary alicyclic amines) is 1. The van der Waals surface area contributed by atoms with Crippen LogP contribution in [0.1, 0.15) is 32.1 Å². The lowest BCUT2D eigenvalue weighted by Gasteiger charge is -2.32. The Kier molecular flexibility index (Phi) is 7.23. The number of hydrogen-bond donors (Lipinski definition) is 1. The Morgan fingerprint density at radius 2 is 1.87 bits per heavy atom. The summed E-state index contributed by atoms with van der Waals surface area (Å²) in [4.78, 5) is 22.3. The number of nitrogens with zero attached hydrogens (tertiary/aromatic N) is 4. The molecule has 0 atom stereocenters. The van der Waals surface area contributed by atoms with Crippen molar-refractivity contribution >= 4 is 22.9 Å². The van der Waals surface area contributed by atoms with Crippen molar-refractivity contribution in [2.75, 3.05) is 57.9 Å². The maximum Gasteiger partial charge on any atom is 0.223 e. The molecule has 2 aromatic rings. The van der Waals surface area contributed by atoms with Crippen LogP contribution in [0.4, 0.5) is 5.95 Å². The maximum absolute atomic E-state index is 12.6. The molecule has 4 rings (SSSR count). The molecule has 0 radical (unpaired) electrons. The van der Waals surface area contributed by atoms with E-state index in [0.29, 0.717) is 6.61 Å². The SMILES string of the molecule is COCCn1c(N2CCC(C(=O)NCCN3CCCCC3)CC2)nc2ccccc21. The zero-order valence-electron chi connectivity index (χ0n) is 18.2. The van der Waals surface area contributed by atoms with Crippen LogP contribution in [0.2, 0.25) is 0 Å². The number of carbonyl (C=O) groups excluding carboxylic acids is 1. The number of anilines is 1. The molecule has 0 aliphatic carbocycles. The molecule has 2 saturated heterocycles. The van der Waals surface area contributed by atoms with Gasteiger partial charge >= 0.3 is 0 Å². The van der Waals surface area contributed by atoms with Crippen LogP contribution < -0.4 is 10.2 Å². The molecule has 1 N–H and O–H groups in total. The number of imidazole rings is 1. The second-order valence-corrected chi connectivity index (χ2v) is 8.50. The van der Waals surface area contributed by atoms with Crippen LogP contribution in [0, 0.1) is 5.92 Å². The zero-order chi connectivity index (χ0) is 20.8. The van der Waals surface area contributed by atoms with Gasteiger partial charge in [-0.25, -0.2) is 4.98 Å². The number of fused-ring (bicyclic) bond motifs is 1. The number of ether oxygens (including phenoxy) is 1. The van der Waals surface area contributed by atoms with Gasteiger partial charge in [0.2, 0.25) is 11.9 Å².